The highest BCUT2D eigenvalue weighted by Gasteiger charge is 2.22. The summed E-state index contributed by atoms with van der Waals surface area (Å²) in [6, 6.07) is 23.4. The van der Waals surface area contributed by atoms with Crippen molar-refractivity contribution in [3.05, 3.63) is 112 Å². The van der Waals surface area contributed by atoms with Gasteiger partial charge in [0, 0.05) is 30.3 Å². The quantitative estimate of drug-likeness (QED) is 0.0989. The Morgan fingerprint density at radius 3 is 2.39 bits per heavy atom. The van der Waals surface area contributed by atoms with Crippen LogP contribution in [0.4, 0.5) is 16.2 Å². The number of fused-ring (bicyclic) bond motifs is 1. The molecule has 0 unspecified atom stereocenters. The summed E-state index contributed by atoms with van der Waals surface area (Å²) in [6.45, 7) is 0.378. The van der Waals surface area contributed by atoms with Crippen molar-refractivity contribution in [2.45, 2.75) is 38.5 Å². The molecule has 4 rings (SSSR count). The number of anilines is 1. The number of unbranched alkanes of at least 4 members (excludes halogenated alkanes) is 1. The molecule has 0 saturated carbocycles. The van der Waals surface area contributed by atoms with E-state index in [-0.39, 0.29) is 31.4 Å². The molecule has 1 heterocycles. The number of hydrogen-bond donors (Lipinski definition) is 3. The van der Waals surface area contributed by atoms with Gasteiger partial charge in [-0.15, -0.1) is 0 Å². The van der Waals surface area contributed by atoms with Crippen LogP contribution in [0.5, 0.6) is 0 Å². The lowest BCUT2D eigenvalue weighted by atomic mass is 10.1. The Bertz CT molecular complexity index is 1560. The monoisotopic (exact) mass is 599 g/mol. The van der Waals surface area contributed by atoms with Gasteiger partial charge in [0.1, 0.15) is 19.3 Å². The minimum atomic E-state index is -0.891. The van der Waals surface area contributed by atoms with Crippen molar-refractivity contribution in [1.82, 2.24) is 15.6 Å². The smallest absolute Gasteiger partial charge is 0.408 e. The van der Waals surface area contributed by atoms with E-state index in [9.17, 15) is 24.5 Å². The molecule has 1 aromatic heterocycles. The van der Waals surface area contributed by atoms with Crippen molar-refractivity contribution < 1.29 is 28.8 Å². The number of alkyl carbamates (subject to hydrolysis) is 1. The van der Waals surface area contributed by atoms with E-state index in [4.69, 9.17) is 9.47 Å². The number of nitrogens with zero attached hydrogens (tertiary/aromatic N) is 2. The maximum Gasteiger partial charge on any atom is 0.408 e. The van der Waals surface area contributed by atoms with Crippen LogP contribution in [-0.4, -0.2) is 47.0 Å². The number of hydrogen-bond acceptors (Lipinski definition) is 8. The van der Waals surface area contributed by atoms with E-state index in [0.717, 1.165) is 10.9 Å². The van der Waals surface area contributed by atoms with Crippen LogP contribution in [0.3, 0.4) is 0 Å². The van der Waals surface area contributed by atoms with Crippen LogP contribution in [0.25, 0.3) is 10.9 Å². The molecule has 0 aliphatic heterocycles. The molecule has 3 aromatic carbocycles. The lowest BCUT2D eigenvalue weighted by Crippen LogP contribution is -2.44. The Kier molecular flexibility index (Phi) is 11.7. The molecule has 0 radical (unpaired) electrons. The number of nitrogens with one attached hydrogen (secondary N) is 3. The largest absolute Gasteiger partial charge is 0.445 e. The zero-order valence-corrected chi connectivity index (χ0v) is 23.9. The van der Waals surface area contributed by atoms with E-state index in [1.807, 2.05) is 54.6 Å². The predicted octanol–water partition coefficient (Wildman–Crippen LogP) is 4.88. The van der Waals surface area contributed by atoms with Crippen molar-refractivity contribution in [2.24, 2.45) is 0 Å². The molecule has 1 atom stereocenters. The van der Waals surface area contributed by atoms with Gasteiger partial charge in [-0.2, -0.15) is 0 Å². The summed E-state index contributed by atoms with van der Waals surface area (Å²) in [4.78, 5) is 52.7. The fourth-order valence-corrected chi connectivity index (χ4v) is 4.33. The zero-order chi connectivity index (χ0) is 31.1. The normalized spacial score (nSPS) is 11.4. The zero-order valence-electron chi connectivity index (χ0n) is 23.9. The van der Waals surface area contributed by atoms with Crippen LogP contribution in [-0.2, 0) is 32.3 Å². The highest BCUT2D eigenvalue weighted by atomic mass is 16.6. The Morgan fingerprint density at radius 1 is 0.864 bits per heavy atom. The maximum atomic E-state index is 13.3. The average molecular weight is 600 g/mol. The highest BCUT2D eigenvalue weighted by Crippen LogP contribution is 2.21. The summed E-state index contributed by atoms with van der Waals surface area (Å²) in [6.07, 6.45) is 2.30. The van der Waals surface area contributed by atoms with Crippen LogP contribution < -0.4 is 16.0 Å². The third kappa shape index (κ3) is 9.88. The molecule has 4 aromatic rings. The minimum Gasteiger partial charge on any atom is -0.445 e. The summed E-state index contributed by atoms with van der Waals surface area (Å²) in [5.74, 6) is -0.726. The van der Waals surface area contributed by atoms with Crippen LogP contribution >= 0.6 is 0 Å². The van der Waals surface area contributed by atoms with Crippen molar-refractivity contribution in [3.63, 3.8) is 0 Å². The molecular formula is C32H33N5O7. The molecule has 3 amide bonds. The number of nitro groups is 1. The predicted molar refractivity (Wildman–Crippen MR) is 164 cm³/mol. The van der Waals surface area contributed by atoms with E-state index in [0.29, 0.717) is 42.6 Å². The Labute approximate surface area is 253 Å². The number of benzene rings is 3. The minimum absolute atomic E-state index is 0.0175. The van der Waals surface area contributed by atoms with Gasteiger partial charge in [0.05, 0.1) is 22.7 Å². The third-order valence-electron chi connectivity index (χ3n) is 6.60. The second kappa shape index (κ2) is 16.3. The molecule has 0 fully saturated rings. The first-order valence-corrected chi connectivity index (χ1v) is 14.1. The maximum absolute atomic E-state index is 13.3. The van der Waals surface area contributed by atoms with E-state index >= 15 is 0 Å². The van der Waals surface area contributed by atoms with Gasteiger partial charge in [0.25, 0.3) is 5.69 Å². The van der Waals surface area contributed by atoms with Crippen LogP contribution in [0.2, 0.25) is 0 Å². The third-order valence-corrected chi connectivity index (χ3v) is 6.60. The fraction of sp³-hybridized carbons (Fsp3) is 0.250. The second-order valence-electron chi connectivity index (χ2n) is 9.89. The van der Waals surface area contributed by atoms with Crippen LogP contribution in [0.15, 0.2) is 91.1 Å². The van der Waals surface area contributed by atoms with Crippen molar-refractivity contribution in [3.8, 4) is 0 Å². The summed E-state index contributed by atoms with van der Waals surface area (Å²) < 4.78 is 10.7. The molecule has 44 heavy (non-hydrogen) atoms. The van der Waals surface area contributed by atoms with E-state index in [2.05, 4.69) is 20.9 Å². The fourth-order valence-electron chi connectivity index (χ4n) is 4.33. The number of nitro benzene ring substituents is 1. The van der Waals surface area contributed by atoms with Gasteiger partial charge in [-0.05, 0) is 54.7 Å². The van der Waals surface area contributed by atoms with Gasteiger partial charge in [0.2, 0.25) is 11.8 Å². The molecule has 0 saturated heterocycles. The first-order chi connectivity index (χ1) is 21.4. The average Bonchev–Trinajstić information content (AvgIpc) is 3.04. The summed E-state index contributed by atoms with van der Waals surface area (Å²) >= 11 is 0. The number of carbonyl (C=O) groups excluding carboxylic acids is 3. The Morgan fingerprint density at radius 2 is 1.61 bits per heavy atom. The molecule has 3 N–H and O–H groups in total. The number of para-hydroxylation sites is 1. The Balaban J connectivity index is 1.24. The van der Waals surface area contributed by atoms with Gasteiger partial charge < -0.3 is 25.4 Å². The number of non-ortho nitro benzene ring substituents is 1. The molecule has 12 heteroatoms. The van der Waals surface area contributed by atoms with Crippen LogP contribution in [0, 0.1) is 10.1 Å². The highest BCUT2D eigenvalue weighted by molar-refractivity contribution is 6.03. The van der Waals surface area contributed by atoms with Crippen LogP contribution in [0.1, 0.15) is 30.4 Å². The first-order valence-electron chi connectivity index (χ1n) is 14.1. The summed E-state index contributed by atoms with van der Waals surface area (Å²) in [7, 11) is 0. The van der Waals surface area contributed by atoms with Gasteiger partial charge in [-0.25, -0.2) is 4.79 Å². The molecule has 0 spiro atoms. The van der Waals surface area contributed by atoms with Crippen molar-refractivity contribution >= 4 is 40.2 Å². The number of aromatic nitrogens is 1. The van der Waals surface area contributed by atoms with Gasteiger partial charge >= 0.3 is 6.09 Å². The number of pyridine rings is 1. The molecule has 0 aliphatic rings. The van der Waals surface area contributed by atoms with Crippen molar-refractivity contribution in [2.75, 3.05) is 18.5 Å². The van der Waals surface area contributed by atoms with E-state index < -0.39 is 23.0 Å². The molecule has 12 nitrogen and oxygen atoms in total. The standard InChI is InChI=1S/C32H33N5O7/c38-29(22-43-20-24-14-16-26(17-15-24)37(41)42)33-18-5-4-12-28(36-32(40)44-21-23-8-2-1-3-9-23)31(39)35-27-13-6-10-25-11-7-19-34-30(25)27/h1-3,6-11,13-17,19,28H,4-5,12,18,20-22H2,(H,33,38)(H,35,39)(H,36,40)/t28-/m0/s1. The number of ether oxygens (including phenoxy) is 2. The van der Waals surface area contributed by atoms with Gasteiger partial charge in [-0.1, -0.05) is 48.5 Å². The van der Waals surface area contributed by atoms with E-state index in [1.54, 1.807) is 24.4 Å². The topological polar surface area (TPSA) is 162 Å². The summed E-state index contributed by atoms with van der Waals surface area (Å²) in [5, 5.41) is 19.9. The van der Waals surface area contributed by atoms with Gasteiger partial charge in [0.15, 0.2) is 0 Å². The number of carbonyl (C=O) groups is 3. The molecular weight excluding hydrogens is 566 g/mol. The SMILES string of the molecule is O=C(COCc1ccc([N+](=O)[O-])cc1)NCCCC[C@H](NC(=O)OCc1ccccc1)C(=O)Nc1cccc2cccnc12. The van der Waals surface area contributed by atoms with Crippen molar-refractivity contribution in [1.29, 1.82) is 0 Å². The lowest BCUT2D eigenvalue weighted by Gasteiger charge is -2.19. The second-order valence-corrected chi connectivity index (χ2v) is 9.89. The van der Waals surface area contributed by atoms with E-state index in [1.165, 1.54) is 12.1 Å². The number of amides is 3. The Hall–Kier alpha value is -5.36. The molecule has 228 valence electrons. The first kappa shape index (κ1) is 31.6. The lowest BCUT2D eigenvalue weighted by molar-refractivity contribution is -0.384. The molecule has 0 bridgehead atoms. The summed E-state index contributed by atoms with van der Waals surface area (Å²) in [5.41, 5.74) is 2.67. The van der Waals surface area contributed by atoms with Gasteiger partial charge in [-0.3, -0.25) is 24.7 Å². The number of rotatable bonds is 15. The molecule has 0 aliphatic carbocycles.